The van der Waals surface area contributed by atoms with Gasteiger partial charge in [-0.15, -0.1) is 0 Å². The number of hydrogen-bond acceptors (Lipinski definition) is 2. The SMILES string of the molecule is C=C(CC)C(=O)NCCCSC. The Bertz CT molecular complexity index is 157. The number of carbonyl (C=O) groups excluding carboxylic acids is 1. The predicted molar refractivity (Wildman–Crippen MR) is 55.4 cm³/mol. The third-order valence-electron chi connectivity index (χ3n) is 1.56. The summed E-state index contributed by atoms with van der Waals surface area (Å²) in [7, 11) is 0. The molecule has 0 spiro atoms. The molecule has 0 aromatic heterocycles. The van der Waals surface area contributed by atoms with Gasteiger partial charge in [0.05, 0.1) is 0 Å². The molecule has 0 aromatic rings. The maximum atomic E-state index is 11.1. The fourth-order valence-corrected chi connectivity index (χ4v) is 1.14. The molecule has 0 saturated carbocycles. The van der Waals surface area contributed by atoms with Gasteiger partial charge in [0.1, 0.15) is 0 Å². The van der Waals surface area contributed by atoms with Crippen molar-refractivity contribution in [3.63, 3.8) is 0 Å². The normalized spacial score (nSPS) is 9.50. The third kappa shape index (κ3) is 5.24. The molecule has 1 amide bonds. The zero-order chi connectivity index (χ0) is 9.40. The maximum Gasteiger partial charge on any atom is 0.246 e. The van der Waals surface area contributed by atoms with E-state index < -0.39 is 0 Å². The molecule has 0 fully saturated rings. The molecule has 0 bridgehead atoms. The number of hydrogen-bond donors (Lipinski definition) is 1. The molecule has 0 saturated heterocycles. The van der Waals surface area contributed by atoms with Crippen LogP contribution in [0.4, 0.5) is 0 Å². The van der Waals surface area contributed by atoms with Crippen LogP contribution >= 0.6 is 11.8 Å². The Morgan fingerprint density at radius 3 is 2.75 bits per heavy atom. The maximum absolute atomic E-state index is 11.1. The first-order valence-electron chi connectivity index (χ1n) is 4.17. The number of thioether (sulfide) groups is 1. The van der Waals surface area contributed by atoms with Crippen LogP contribution in [-0.4, -0.2) is 24.5 Å². The fraction of sp³-hybridized carbons (Fsp3) is 0.667. The number of nitrogens with one attached hydrogen (secondary N) is 1. The van der Waals surface area contributed by atoms with Gasteiger partial charge in [-0.25, -0.2) is 0 Å². The monoisotopic (exact) mass is 187 g/mol. The summed E-state index contributed by atoms with van der Waals surface area (Å²) in [6.45, 7) is 6.35. The molecular weight excluding hydrogens is 170 g/mol. The Hall–Kier alpha value is -0.440. The highest BCUT2D eigenvalue weighted by Gasteiger charge is 2.01. The number of rotatable bonds is 6. The molecule has 0 aliphatic heterocycles. The van der Waals surface area contributed by atoms with Gasteiger partial charge in [-0.05, 0) is 24.9 Å². The van der Waals surface area contributed by atoms with E-state index in [1.54, 1.807) is 11.8 Å². The molecule has 0 radical (unpaired) electrons. The standard InChI is InChI=1S/C9H17NOS/c1-4-8(2)9(11)10-6-5-7-12-3/h2,4-7H2,1,3H3,(H,10,11). The lowest BCUT2D eigenvalue weighted by Gasteiger charge is -2.04. The van der Waals surface area contributed by atoms with Crippen LogP contribution in [0.1, 0.15) is 19.8 Å². The molecule has 0 aliphatic rings. The Morgan fingerprint density at radius 2 is 2.25 bits per heavy atom. The molecular formula is C9H17NOS. The minimum atomic E-state index is -0.00129. The molecule has 1 N–H and O–H groups in total. The summed E-state index contributed by atoms with van der Waals surface area (Å²) >= 11 is 1.79. The van der Waals surface area contributed by atoms with Crippen molar-refractivity contribution >= 4 is 17.7 Å². The first kappa shape index (κ1) is 11.6. The summed E-state index contributed by atoms with van der Waals surface area (Å²) in [6, 6.07) is 0. The zero-order valence-corrected chi connectivity index (χ0v) is 8.67. The van der Waals surface area contributed by atoms with Crippen molar-refractivity contribution in [1.29, 1.82) is 0 Å². The lowest BCUT2D eigenvalue weighted by atomic mass is 10.2. The predicted octanol–water partition coefficient (Wildman–Crippen LogP) is 1.82. The van der Waals surface area contributed by atoms with Gasteiger partial charge in [-0.3, -0.25) is 4.79 Å². The van der Waals surface area contributed by atoms with Crippen molar-refractivity contribution in [2.75, 3.05) is 18.6 Å². The largest absolute Gasteiger partial charge is 0.352 e. The Labute approximate surface area is 78.8 Å². The Kier molecular flexibility index (Phi) is 6.96. The molecule has 0 heterocycles. The lowest BCUT2D eigenvalue weighted by Crippen LogP contribution is -2.25. The van der Waals surface area contributed by atoms with E-state index >= 15 is 0 Å². The van der Waals surface area contributed by atoms with Crippen LogP contribution in [0.5, 0.6) is 0 Å². The molecule has 0 atom stereocenters. The summed E-state index contributed by atoms with van der Waals surface area (Å²) in [5.74, 6) is 1.09. The summed E-state index contributed by atoms with van der Waals surface area (Å²) < 4.78 is 0. The number of amides is 1. The van der Waals surface area contributed by atoms with Gasteiger partial charge in [-0.1, -0.05) is 13.5 Å². The van der Waals surface area contributed by atoms with Gasteiger partial charge >= 0.3 is 0 Å². The summed E-state index contributed by atoms with van der Waals surface area (Å²) in [5.41, 5.74) is 0.666. The molecule has 70 valence electrons. The summed E-state index contributed by atoms with van der Waals surface area (Å²) in [6.07, 6.45) is 3.82. The van der Waals surface area contributed by atoms with Crippen LogP contribution in [0.3, 0.4) is 0 Å². The van der Waals surface area contributed by atoms with Crippen molar-refractivity contribution in [3.8, 4) is 0 Å². The molecule has 0 aromatic carbocycles. The number of carbonyl (C=O) groups is 1. The molecule has 12 heavy (non-hydrogen) atoms. The van der Waals surface area contributed by atoms with E-state index in [2.05, 4.69) is 18.2 Å². The molecule has 2 nitrogen and oxygen atoms in total. The Balaban J connectivity index is 3.38. The van der Waals surface area contributed by atoms with Crippen LogP contribution in [0.15, 0.2) is 12.2 Å². The van der Waals surface area contributed by atoms with Crippen molar-refractivity contribution in [2.24, 2.45) is 0 Å². The Morgan fingerprint density at radius 1 is 1.58 bits per heavy atom. The van der Waals surface area contributed by atoms with Gasteiger partial charge in [0.25, 0.3) is 0 Å². The van der Waals surface area contributed by atoms with Crippen LogP contribution < -0.4 is 5.32 Å². The second-order valence-corrected chi connectivity index (χ2v) is 3.54. The van der Waals surface area contributed by atoms with Crippen LogP contribution in [0.2, 0.25) is 0 Å². The highest BCUT2D eigenvalue weighted by atomic mass is 32.2. The van der Waals surface area contributed by atoms with E-state index in [0.717, 1.165) is 25.1 Å². The highest BCUT2D eigenvalue weighted by Crippen LogP contribution is 1.97. The van der Waals surface area contributed by atoms with E-state index in [1.807, 2.05) is 6.92 Å². The fourth-order valence-electron chi connectivity index (χ4n) is 0.704. The van der Waals surface area contributed by atoms with Crippen molar-refractivity contribution in [1.82, 2.24) is 5.32 Å². The van der Waals surface area contributed by atoms with E-state index in [1.165, 1.54) is 0 Å². The first-order chi connectivity index (χ1) is 5.72. The van der Waals surface area contributed by atoms with Gasteiger partial charge in [-0.2, -0.15) is 11.8 Å². The van der Waals surface area contributed by atoms with Crippen molar-refractivity contribution in [3.05, 3.63) is 12.2 Å². The minimum Gasteiger partial charge on any atom is -0.352 e. The summed E-state index contributed by atoms with van der Waals surface area (Å²) in [5, 5.41) is 2.82. The smallest absolute Gasteiger partial charge is 0.246 e. The van der Waals surface area contributed by atoms with E-state index in [4.69, 9.17) is 0 Å². The summed E-state index contributed by atoms with van der Waals surface area (Å²) in [4.78, 5) is 11.1. The average molecular weight is 187 g/mol. The topological polar surface area (TPSA) is 29.1 Å². The highest BCUT2D eigenvalue weighted by molar-refractivity contribution is 7.98. The van der Waals surface area contributed by atoms with Crippen LogP contribution in [-0.2, 0) is 4.79 Å². The van der Waals surface area contributed by atoms with Gasteiger partial charge in [0.15, 0.2) is 0 Å². The van der Waals surface area contributed by atoms with Gasteiger partial charge < -0.3 is 5.32 Å². The minimum absolute atomic E-state index is 0.00129. The zero-order valence-electron chi connectivity index (χ0n) is 7.85. The molecule has 3 heteroatoms. The van der Waals surface area contributed by atoms with E-state index in [9.17, 15) is 4.79 Å². The quantitative estimate of drug-likeness (QED) is 0.507. The molecule has 0 rings (SSSR count). The van der Waals surface area contributed by atoms with Crippen LogP contribution in [0, 0.1) is 0 Å². The lowest BCUT2D eigenvalue weighted by molar-refractivity contribution is -0.117. The molecule has 0 unspecified atom stereocenters. The second-order valence-electron chi connectivity index (χ2n) is 2.56. The van der Waals surface area contributed by atoms with Gasteiger partial charge in [0, 0.05) is 12.1 Å². The van der Waals surface area contributed by atoms with E-state index in [-0.39, 0.29) is 5.91 Å². The van der Waals surface area contributed by atoms with Gasteiger partial charge in [0.2, 0.25) is 5.91 Å². The second kappa shape index (κ2) is 7.22. The third-order valence-corrected chi connectivity index (χ3v) is 2.26. The van der Waals surface area contributed by atoms with Crippen molar-refractivity contribution in [2.45, 2.75) is 19.8 Å². The first-order valence-corrected chi connectivity index (χ1v) is 5.56. The molecule has 0 aliphatic carbocycles. The van der Waals surface area contributed by atoms with Crippen LogP contribution in [0.25, 0.3) is 0 Å². The van der Waals surface area contributed by atoms with Crippen molar-refractivity contribution < 1.29 is 4.79 Å². The average Bonchev–Trinajstić information content (AvgIpc) is 2.10. The van der Waals surface area contributed by atoms with E-state index in [0.29, 0.717) is 5.57 Å².